The number of aromatic nitrogens is 1. The van der Waals surface area contributed by atoms with Crippen molar-refractivity contribution in [2.45, 2.75) is 45.2 Å². The second kappa shape index (κ2) is 7.70. The molecule has 1 atom stereocenters. The van der Waals surface area contributed by atoms with Crippen LogP contribution in [0.1, 0.15) is 51.8 Å². The third kappa shape index (κ3) is 3.01. The SMILES string of the molecule is CCOC(=O)c1c(CN2C(=O)NC3(CCCc4sccc43)C2=O)nc2ccccc2c1C. The summed E-state index contributed by atoms with van der Waals surface area (Å²) in [5.41, 5.74) is 1.97. The van der Waals surface area contributed by atoms with Crippen molar-refractivity contribution in [2.75, 3.05) is 6.61 Å². The Balaban J connectivity index is 1.58. The van der Waals surface area contributed by atoms with Crippen LogP contribution in [0.3, 0.4) is 0 Å². The number of esters is 1. The molecule has 1 fully saturated rings. The number of aryl methyl sites for hydroxylation is 2. The smallest absolute Gasteiger partial charge is 0.340 e. The van der Waals surface area contributed by atoms with Gasteiger partial charge < -0.3 is 10.1 Å². The Labute approximate surface area is 189 Å². The lowest BCUT2D eigenvalue weighted by Gasteiger charge is -2.31. The molecule has 1 unspecified atom stereocenters. The summed E-state index contributed by atoms with van der Waals surface area (Å²) >= 11 is 1.61. The minimum Gasteiger partial charge on any atom is -0.462 e. The molecule has 32 heavy (non-hydrogen) atoms. The van der Waals surface area contributed by atoms with Gasteiger partial charge in [-0.3, -0.25) is 9.69 Å². The fourth-order valence-corrected chi connectivity index (χ4v) is 5.86. The van der Waals surface area contributed by atoms with Crippen LogP contribution in [0.5, 0.6) is 0 Å². The normalized spacial score (nSPS) is 20.0. The fourth-order valence-electron chi connectivity index (χ4n) is 4.86. The molecule has 0 bridgehead atoms. The standard InChI is InChI=1S/C24H23N3O4S/c1-3-31-21(28)20-14(2)15-7-4-5-8-17(15)25-18(20)13-27-22(29)24(26-23(27)30)11-6-9-19-16(24)10-12-32-19/h4-5,7-8,10,12H,3,6,9,11,13H2,1-2H3,(H,26,30). The molecule has 2 aliphatic rings. The maximum Gasteiger partial charge on any atom is 0.340 e. The van der Waals surface area contributed by atoms with Crippen molar-refractivity contribution in [3.8, 4) is 0 Å². The van der Waals surface area contributed by atoms with Gasteiger partial charge in [-0.05, 0) is 56.2 Å². The number of nitrogens with zero attached hydrogens (tertiary/aromatic N) is 2. The van der Waals surface area contributed by atoms with E-state index in [1.165, 1.54) is 4.90 Å². The van der Waals surface area contributed by atoms with Crippen LogP contribution in [-0.2, 0) is 28.0 Å². The number of urea groups is 1. The van der Waals surface area contributed by atoms with Gasteiger partial charge in [0.25, 0.3) is 5.91 Å². The van der Waals surface area contributed by atoms with Crippen molar-refractivity contribution in [3.05, 3.63) is 63.0 Å². The Kier molecular flexibility index (Phi) is 4.97. The molecule has 1 saturated heterocycles. The van der Waals surface area contributed by atoms with Crippen molar-refractivity contribution in [1.82, 2.24) is 15.2 Å². The predicted octanol–water partition coefficient (Wildman–Crippen LogP) is 4.07. The molecule has 1 N–H and O–H groups in total. The van der Waals surface area contributed by atoms with Crippen LogP contribution in [0.2, 0.25) is 0 Å². The number of hydrogen-bond donors (Lipinski definition) is 1. The highest BCUT2D eigenvalue weighted by Crippen LogP contribution is 2.42. The van der Waals surface area contributed by atoms with Gasteiger partial charge in [0.2, 0.25) is 0 Å². The van der Waals surface area contributed by atoms with E-state index >= 15 is 0 Å². The van der Waals surface area contributed by atoms with Gasteiger partial charge in [0.1, 0.15) is 5.54 Å². The Morgan fingerprint density at radius 2 is 2.09 bits per heavy atom. The largest absolute Gasteiger partial charge is 0.462 e. The zero-order valence-electron chi connectivity index (χ0n) is 17.9. The molecular formula is C24H23N3O4S. The van der Waals surface area contributed by atoms with Gasteiger partial charge in [-0.25, -0.2) is 14.6 Å². The van der Waals surface area contributed by atoms with Gasteiger partial charge in [0.15, 0.2) is 0 Å². The first kappa shape index (κ1) is 20.6. The van der Waals surface area contributed by atoms with E-state index in [0.717, 1.165) is 34.2 Å². The number of hydrogen-bond acceptors (Lipinski definition) is 6. The Bertz CT molecular complexity index is 1270. The third-order valence-corrected chi connectivity index (χ3v) is 7.33. The zero-order chi connectivity index (χ0) is 22.5. The quantitative estimate of drug-likeness (QED) is 0.479. The molecule has 1 aliphatic heterocycles. The molecule has 8 heteroatoms. The van der Waals surface area contributed by atoms with E-state index < -0.39 is 17.5 Å². The van der Waals surface area contributed by atoms with Crippen LogP contribution in [0.25, 0.3) is 10.9 Å². The molecule has 1 aromatic carbocycles. The first-order valence-electron chi connectivity index (χ1n) is 10.7. The van der Waals surface area contributed by atoms with Gasteiger partial charge in [-0.15, -0.1) is 11.3 Å². The van der Waals surface area contributed by atoms with E-state index in [-0.39, 0.29) is 19.1 Å². The summed E-state index contributed by atoms with van der Waals surface area (Å²) in [4.78, 5) is 46.4. The second-order valence-electron chi connectivity index (χ2n) is 8.13. The first-order chi connectivity index (χ1) is 15.5. The molecule has 2 aromatic heterocycles. The van der Waals surface area contributed by atoms with Crippen LogP contribution in [-0.4, -0.2) is 34.4 Å². The highest BCUT2D eigenvalue weighted by atomic mass is 32.1. The minimum absolute atomic E-state index is 0.0916. The lowest BCUT2D eigenvalue weighted by molar-refractivity contribution is -0.132. The summed E-state index contributed by atoms with van der Waals surface area (Å²) in [6, 6.07) is 8.97. The van der Waals surface area contributed by atoms with E-state index in [9.17, 15) is 14.4 Å². The summed E-state index contributed by atoms with van der Waals surface area (Å²) in [7, 11) is 0. The van der Waals surface area contributed by atoms with E-state index in [2.05, 4.69) is 10.3 Å². The molecule has 5 rings (SSSR count). The third-order valence-electron chi connectivity index (χ3n) is 6.35. The average molecular weight is 450 g/mol. The van der Waals surface area contributed by atoms with Crippen LogP contribution in [0.15, 0.2) is 35.7 Å². The van der Waals surface area contributed by atoms with Crippen molar-refractivity contribution in [2.24, 2.45) is 0 Å². The number of fused-ring (bicyclic) bond motifs is 3. The number of nitrogens with one attached hydrogen (secondary N) is 1. The number of carbonyl (C=O) groups excluding carboxylic acids is 3. The summed E-state index contributed by atoms with van der Waals surface area (Å²) < 4.78 is 5.28. The van der Waals surface area contributed by atoms with Crippen LogP contribution >= 0.6 is 11.3 Å². The maximum absolute atomic E-state index is 13.6. The van der Waals surface area contributed by atoms with Gasteiger partial charge in [-0.1, -0.05) is 18.2 Å². The lowest BCUT2D eigenvalue weighted by atomic mass is 9.80. The minimum atomic E-state index is -1.03. The molecule has 3 amide bonds. The number of imide groups is 1. The van der Waals surface area contributed by atoms with E-state index in [4.69, 9.17) is 4.74 Å². The Morgan fingerprint density at radius 1 is 1.28 bits per heavy atom. The lowest BCUT2D eigenvalue weighted by Crippen LogP contribution is -2.46. The predicted molar refractivity (Wildman–Crippen MR) is 120 cm³/mol. The van der Waals surface area contributed by atoms with Crippen molar-refractivity contribution in [3.63, 3.8) is 0 Å². The van der Waals surface area contributed by atoms with E-state index in [1.807, 2.05) is 42.6 Å². The number of rotatable bonds is 4. The number of ether oxygens (including phenoxy) is 1. The number of pyridine rings is 1. The molecule has 1 spiro atoms. The Hall–Kier alpha value is -3.26. The molecule has 1 aliphatic carbocycles. The second-order valence-corrected chi connectivity index (χ2v) is 9.13. The molecule has 7 nitrogen and oxygen atoms in total. The highest BCUT2D eigenvalue weighted by molar-refractivity contribution is 7.10. The number of thiophene rings is 1. The molecular weight excluding hydrogens is 426 g/mol. The number of amides is 3. The fraction of sp³-hybridized carbons (Fsp3) is 0.333. The highest BCUT2D eigenvalue weighted by Gasteiger charge is 2.54. The molecule has 0 saturated carbocycles. The van der Waals surface area contributed by atoms with Gasteiger partial charge >= 0.3 is 12.0 Å². The average Bonchev–Trinajstić information content (AvgIpc) is 3.35. The number of benzene rings is 1. The molecule has 0 radical (unpaired) electrons. The number of para-hydroxylation sites is 1. The van der Waals surface area contributed by atoms with Crippen LogP contribution in [0, 0.1) is 6.92 Å². The summed E-state index contributed by atoms with van der Waals surface area (Å²) in [5, 5.41) is 5.76. The first-order valence-corrected chi connectivity index (χ1v) is 11.6. The van der Waals surface area contributed by atoms with Gasteiger partial charge in [0, 0.05) is 15.8 Å². The summed E-state index contributed by atoms with van der Waals surface area (Å²) in [6.07, 6.45) is 2.30. The van der Waals surface area contributed by atoms with E-state index in [0.29, 0.717) is 23.2 Å². The van der Waals surface area contributed by atoms with Crippen molar-refractivity contribution < 1.29 is 19.1 Å². The molecule has 3 aromatic rings. The van der Waals surface area contributed by atoms with E-state index in [1.54, 1.807) is 18.3 Å². The monoisotopic (exact) mass is 449 g/mol. The summed E-state index contributed by atoms with van der Waals surface area (Å²) in [5.74, 6) is -0.790. The topological polar surface area (TPSA) is 88.6 Å². The Morgan fingerprint density at radius 3 is 2.91 bits per heavy atom. The molecule has 3 heterocycles. The summed E-state index contributed by atoms with van der Waals surface area (Å²) in [6.45, 7) is 3.71. The number of carbonyl (C=O) groups is 3. The van der Waals surface area contributed by atoms with Crippen molar-refractivity contribution >= 4 is 40.1 Å². The van der Waals surface area contributed by atoms with Crippen molar-refractivity contribution in [1.29, 1.82) is 0 Å². The maximum atomic E-state index is 13.6. The zero-order valence-corrected chi connectivity index (χ0v) is 18.8. The van der Waals surface area contributed by atoms with Crippen LogP contribution in [0.4, 0.5) is 4.79 Å². The van der Waals surface area contributed by atoms with Gasteiger partial charge in [-0.2, -0.15) is 0 Å². The van der Waals surface area contributed by atoms with Crippen LogP contribution < -0.4 is 5.32 Å². The van der Waals surface area contributed by atoms with Gasteiger partial charge in [0.05, 0.1) is 29.9 Å². The molecule has 164 valence electrons.